The monoisotopic (exact) mass is 371 g/mol. The number of hydrogen-bond acceptors (Lipinski definition) is 6. The van der Waals surface area contributed by atoms with Crippen LogP contribution >= 0.6 is 0 Å². The number of amides is 1. The minimum atomic E-state index is -0.194. The lowest BCUT2D eigenvalue weighted by Gasteiger charge is -2.12. The molecule has 0 bridgehead atoms. The number of carbonyl (C=O) groups excluding carboxylic acids is 1. The molecule has 2 N–H and O–H groups in total. The number of nitrogens with one attached hydrogen (secondary N) is 2. The molecule has 1 unspecified atom stereocenters. The fraction of sp³-hybridized carbons (Fsp3) is 0.400. The van der Waals surface area contributed by atoms with Crippen LogP contribution in [-0.2, 0) is 11.3 Å². The zero-order valence-electron chi connectivity index (χ0n) is 15.7. The van der Waals surface area contributed by atoms with Gasteiger partial charge in [-0.15, -0.1) is 0 Å². The maximum Gasteiger partial charge on any atom is 0.270 e. The van der Waals surface area contributed by atoms with Gasteiger partial charge in [0.05, 0.1) is 20.3 Å². The van der Waals surface area contributed by atoms with Gasteiger partial charge in [-0.25, -0.2) is 0 Å². The molecule has 0 aliphatic carbocycles. The van der Waals surface area contributed by atoms with Gasteiger partial charge in [-0.2, -0.15) is 0 Å². The first-order valence-corrected chi connectivity index (χ1v) is 9.00. The van der Waals surface area contributed by atoms with Crippen molar-refractivity contribution in [2.75, 3.05) is 32.7 Å². The number of hydrogen-bond donors (Lipinski definition) is 2. The van der Waals surface area contributed by atoms with Gasteiger partial charge >= 0.3 is 0 Å². The summed E-state index contributed by atoms with van der Waals surface area (Å²) in [5, 5.41) is 6.19. The van der Waals surface area contributed by atoms with Crippen LogP contribution < -0.4 is 20.1 Å². The minimum Gasteiger partial charge on any atom is -0.493 e. The van der Waals surface area contributed by atoms with Gasteiger partial charge in [-0.1, -0.05) is 6.07 Å². The van der Waals surface area contributed by atoms with Gasteiger partial charge < -0.3 is 24.8 Å². The Morgan fingerprint density at radius 1 is 1.22 bits per heavy atom. The maximum atomic E-state index is 12.3. The smallest absolute Gasteiger partial charge is 0.270 e. The molecule has 7 heteroatoms. The topological polar surface area (TPSA) is 81.7 Å². The molecule has 1 saturated heterocycles. The summed E-state index contributed by atoms with van der Waals surface area (Å²) >= 11 is 0. The molecule has 2 heterocycles. The number of rotatable bonds is 8. The average molecular weight is 371 g/mol. The van der Waals surface area contributed by atoms with Crippen LogP contribution in [0.2, 0.25) is 0 Å². The molecule has 1 aromatic heterocycles. The first kappa shape index (κ1) is 19.0. The van der Waals surface area contributed by atoms with Crippen LogP contribution in [-0.4, -0.2) is 44.4 Å². The van der Waals surface area contributed by atoms with Crippen molar-refractivity contribution in [3.05, 3.63) is 47.8 Å². The van der Waals surface area contributed by atoms with Crippen molar-refractivity contribution in [1.29, 1.82) is 0 Å². The van der Waals surface area contributed by atoms with E-state index in [1.54, 1.807) is 26.5 Å². The van der Waals surface area contributed by atoms with E-state index in [4.69, 9.17) is 14.2 Å². The Morgan fingerprint density at radius 3 is 2.81 bits per heavy atom. The molecule has 3 rings (SSSR count). The van der Waals surface area contributed by atoms with Crippen molar-refractivity contribution >= 4 is 11.6 Å². The molecule has 7 nitrogen and oxygen atoms in total. The normalized spacial score (nSPS) is 16.0. The summed E-state index contributed by atoms with van der Waals surface area (Å²) in [5.41, 5.74) is 2.24. The molecule has 0 saturated carbocycles. The highest BCUT2D eigenvalue weighted by atomic mass is 16.5. The van der Waals surface area contributed by atoms with Gasteiger partial charge in [0.2, 0.25) is 0 Å². The van der Waals surface area contributed by atoms with Gasteiger partial charge in [-0.3, -0.25) is 9.78 Å². The summed E-state index contributed by atoms with van der Waals surface area (Å²) in [6, 6.07) is 9.32. The second-order valence-corrected chi connectivity index (χ2v) is 6.32. The highest BCUT2D eigenvalue weighted by Crippen LogP contribution is 2.27. The van der Waals surface area contributed by atoms with Crippen molar-refractivity contribution in [3.63, 3.8) is 0 Å². The zero-order valence-corrected chi connectivity index (χ0v) is 15.7. The Kier molecular flexibility index (Phi) is 6.49. The lowest BCUT2D eigenvalue weighted by atomic mass is 10.2. The number of methoxy groups -OCH3 is 2. The van der Waals surface area contributed by atoms with E-state index in [0.29, 0.717) is 30.3 Å². The first-order valence-electron chi connectivity index (χ1n) is 9.00. The van der Waals surface area contributed by atoms with Crippen molar-refractivity contribution in [1.82, 2.24) is 10.3 Å². The van der Waals surface area contributed by atoms with Crippen LogP contribution in [0.1, 0.15) is 28.9 Å². The number of benzene rings is 1. The van der Waals surface area contributed by atoms with Crippen LogP contribution in [0.3, 0.4) is 0 Å². The summed E-state index contributed by atoms with van der Waals surface area (Å²) in [4.78, 5) is 16.5. The van der Waals surface area contributed by atoms with Gasteiger partial charge in [0.1, 0.15) is 5.69 Å². The molecule has 1 amide bonds. The van der Waals surface area contributed by atoms with E-state index >= 15 is 0 Å². The summed E-state index contributed by atoms with van der Waals surface area (Å²) in [6.45, 7) is 1.87. The number of carbonyl (C=O) groups is 1. The summed E-state index contributed by atoms with van der Waals surface area (Å²) < 4.78 is 16.1. The number of pyridine rings is 1. The van der Waals surface area contributed by atoms with Crippen LogP contribution in [0.4, 0.5) is 5.69 Å². The lowest BCUT2D eigenvalue weighted by molar-refractivity contribution is 0.0854. The number of aromatic nitrogens is 1. The summed E-state index contributed by atoms with van der Waals surface area (Å²) in [6.07, 6.45) is 3.77. The second kappa shape index (κ2) is 9.23. The molecular formula is C20H25N3O4. The summed E-state index contributed by atoms with van der Waals surface area (Å²) in [5.74, 6) is 1.18. The third kappa shape index (κ3) is 5.10. The predicted molar refractivity (Wildman–Crippen MR) is 102 cm³/mol. The lowest BCUT2D eigenvalue weighted by Crippen LogP contribution is -2.32. The van der Waals surface area contributed by atoms with E-state index in [1.807, 2.05) is 24.3 Å². The highest BCUT2D eigenvalue weighted by molar-refractivity contribution is 5.93. The fourth-order valence-electron chi connectivity index (χ4n) is 2.96. The first-order chi connectivity index (χ1) is 13.2. The molecule has 1 aromatic carbocycles. The molecule has 1 fully saturated rings. The molecule has 0 radical (unpaired) electrons. The predicted octanol–water partition coefficient (Wildman–Crippen LogP) is 2.62. The number of ether oxygens (including phenoxy) is 3. The molecule has 1 aliphatic heterocycles. The van der Waals surface area contributed by atoms with Crippen LogP contribution in [0.25, 0.3) is 0 Å². The van der Waals surface area contributed by atoms with Crippen molar-refractivity contribution in [2.45, 2.75) is 25.5 Å². The van der Waals surface area contributed by atoms with E-state index < -0.39 is 0 Å². The Labute approximate surface area is 159 Å². The van der Waals surface area contributed by atoms with Gasteiger partial charge in [0, 0.05) is 31.6 Å². The zero-order chi connectivity index (χ0) is 19.1. The van der Waals surface area contributed by atoms with E-state index in [2.05, 4.69) is 15.6 Å². The number of nitrogens with zero attached hydrogens (tertiary/aromatic N) is 1. The summed E-state index contributed by atoms with van der Waals surface area (Å²) in [7, 11) is 3.22. The quantitative estimate of drug-likeness (QED) is 0.742. The molecule has 1 aliphatic rings. The highest BCUT2D eigenvalue weighted by Gasteiger charge is 2.17. The Bertz CT molecular complexity index is 776. The Hall–Kier alpha value is -2.80. The van der Waals surface area contributed by atoms with Gasteiger partial charge in [0.15, 0.2) is 11.5 Å². The Balaban J connectivity index is 1.57. The molecule has 144 valence electrons. The van der Waals surface area contributed by atoms with Crippen molar-refractivity contribution in [2.24, 2.45) is 0 Å². The van der Waals surface area contributed by atoms with E-state index in [9.17, 15) is 4.79 Å². The van der Waals surface area contributed by atoms with Gasteiger partial charge in [0.25, 0.3) is 5.91 Å². The largest absolute Gasteiger partial charge is 0.493 e. The molecular weight excluding hydrogens is 346 g/mol. The molecule has 1 atom stereocenters. The minimum absolute atomic E-state index is 0.111. The van der Waals surface area contributed by atoms with Crippen molar-refractivity contribution in [3.8, 4) is 11.5 Å². The van der Waals surface area contributed by atoms with Crippen LogP contribution in [0.5, 0.6) is 11.5 Å². The molecule has 27 heavy (non-hydrogen) atoms. The number of anilines is 1. The average Bonchev–Trinajstić information content (AvgIpc) is 3.24. The molecule has 0 spiro atoms. The van der Waals surface area contributed by atoms with Crippen LogP contribution in [0, 0.1) is 0 Å². The third-order valence-corrected chi connectivity index (χ3v) is 4.45. The van der Waals surface area contributed by atoms with Gasteiger partial charge in [-0.05, 0) is 42.7 Å². The third-order valence-electron chi connectivity index (χ3n) is 4.45. The second-order valence-electron chi connectivity index (χ2n) is 6.32. The van der Waals surface area contributed by atoms with E-state index in [0.717, 1.165) is 30.7 Å². The Morgan fingerprint density at radius 2 is 2.07 bits per heavy atom. The van der Waals surface area contributed by atoms with E-state index in [-0.39, 0.29) is 12.0 Å². The van der Waals surface area contributed by atoms with Crippen molar-refractivity contribution < 1.29 is 19.0 Å². The molecule has 2 aromatic rings. The van der Waals surface area contributed by atoms with E-state index in [1.165, 1.54) is 0 Å². The standard InChI is InChI=1S/C20H25N3O4/c1-25-18-6-5-14(10-19(18)26-2)12-22-15-7-8-21-17(11-15)20(24)23-13-16-4-3-9-27-16/h5-8,10-11,16H,3-4,9,12-13H2,1-2H3,(H,21,22)(H,23,24). The van der Waals surface area contributed by atoms with Crippen LogP contribution in [0.15, 0.2) is 36.5 Å². The fourth-order valence-corrected chi connectivity index (χ4v) is 2.96. The SMILES string of the molecule is COc1ccc(CNc2ccnc(C(=O)NCC3CCCO3)c2)cc1OC. The maximum absolute atomic E-state index is 12.3.